The second kappa shape index (κ2) is 8.67. The summed E-state index contributed by atoms with van der Waals surface area (Å²) >= 11 is 1.36. The lowest BCUT2D eigenvalue weighted by atomic mass is 10.1. The zero-order valence-electron chi connectivity index (χ0n) is 15.9. The van der Waals surface area contributed by atoms with Crippen molar-refractivity contribution in [3.63, 3.8) is 0 Å². The fraction of sp³-hybridized carbons (Fsp3) is 0.190. The molecule has 0 saturated heterocycles. The number of methoxy groups -OCH3 is 1. The van der Waals surface area contributed by atoms with E-state index in [9.17, 15) is 9.59 Å². The van der Waals surface area contributed by atoms with Gasteiger partial charge < -0.3 is 10.1 Å². The maximum atomic E-state index is 12.5. The van der Waals surface area contributed by atoms with Crippen LogP contribution in [0.3, 0.4) is 0 Å². The number of benzene rings is 2. The van der Waals surface area contributed by atoms with Crippen molar-refractivity contribution in [2.45, 2.75) is 20.4 Å². The standard InChI is InChI=1S/C21H21N3O3S/c1-13-4-9-19(27-3)17(10-13)18-12-28-21(23-18)24-20(26)16-7-5-15(6-8-16)11-22-14(2)25/h4-10,12H,11H2,1-3H3,(H,22,25)(H,23,24,26). The first-order valence-electron chi connectivity index (χ1n) is 8.71. The zero-order chi connectivity index (χ0) is 20.1. The molecule has 0 saturated carbocycles. The number of ether oxygens (including phenoxy) is 1. The maximum Gasteiger partial charge on any atom is 0.257 e. The molecule has 0 fully saturated rings. The molecule has 2 amide bonds. The smallest absolute Gasteiger partial charge is 0.257 e. The number of amides is 2. The van der Waals surface area contributed by atoms with E-state index in [1.54, 1.807) is 19.2 Å². The normalized spacial score (nSPS) is 10.4. The third kappa shape index (κ3) is 4.75. The summed E-state index contributed by atoms with van der Waals surface area (Å²) in [5.41, 5.74) is 4.20. The van der Waals surface area contributed by atoms with Crippen LogP contribution in [0.4, 0.5) is 5.13 Å². The van der Waals surface area contributed by atoms with E-state index in [2.05, 4.69) is 15.6 Å². The van der Waals surface area contributed by atoms with Crippen LogP contribution in [-0.4, -0.2) is 23.9 Å². The Labute approximate surface area is 167 Å². The number of thiazole rings is 1. The van der Waals surface area contributed by atoms with E-state index in [4.69, 9.17) is 4.74 Å². The maximum absolute atomic E-state index is 12.5. The van der Waals surface area contributed by atoms with E-state index in [1.807, 2.05) is 42.6 Å². The molecular weight excluding hydrogens is 374 g/mol. The van der Waals surface area contributed by atoms with Crippen LogP contribution in [0.15, 0.2) is 47.8 Å². The van der Waals surface area contributed by atoms with E-state index in [0.717, 1.165) is 28.1 Å². The minimum absolute atomic E-state index is 0.0911. The van der Waals surface area contributed by atoms with Crippen molar-refractivity contribution in [3.8, 4) is 17.0 Å². The van der Waals surface area contributed by atoms with Crippen LogP contribution < -0.4 is 15.4 Å². The summed E-state index contributed by atoms with van der Waals surface area (Å²) in [4.78, 5) is 28.0. The Balaban J connectivity index is 1.70. The fourth-order valence-corrected chi connectivity index (χ4v) is 3.35. The van der Waals surface area contributed by atoms with Crippen molar-refractivity contribution in [1.82, 2.24) is 10.3 Å². The van der Waals surface area contributed by atoms with Crippen molar-refractivity contribution in [3.05, 3.63) is 64.5 Å². The highest BCUT2D eigenvalue weighted by atomic mass is 32.1. The van der Waals surface area contributed by atoms with Gasteiger partial charge in [0.25, 0.3) is 5.91 Å². The lowest BCUT2D eigenvalue weighted by Gasteiger charge is -2.07. The van der Waals surface area contributed by atoms with Gasteiger partial charge in [0.05, 0.1) is 12.8 Å². The minimum Gasteiger partial charge on any atom is -0.496 e. The molecule has 6 nitrogen and oxygen atoms in total. The largest absolute Gasteiger partial charge is 0.496 e. The van der Waals surface area contributed by atoms with Gasteiger partial charge in [0.2, 0.25) is 5.91 Å². The van der Waals surface area contributed by atoms with E-state index >= 15 is 0 Å². The average molecular weight is 395 g/mol. The van der Waals surface area contributed by atoms with Crippen molar-refractivity contribution in [2.24, 2.45) is 0 Å². The number of hydrogen-bond donors (Lipinski definition) is 2. The van der Waals surface area contributed by atoms with Gasteiger partial charge in [0.1, 0.15) is 5.75 Å². The quantitative estimate of drug-likeness (QED) is 0.661. The third-order valence-electron chi connectivity index (χ3n) is 4.11. The Morgan fingerprint density at radius 2 is 1.89 bits per heavy atom. The van der Waals surface area contributed by atoms with Crippen LogP contribution in [0.1, 0.15) is 28.4 Å². The Kier molecular flexibility index (Phi) is 6.06. The van der Waals surface area contributed by atoms with E-state index in [-0.39, 0.29) is 11.8 Å². The molecule has 144 valence electrons. The molecule has 2 N–H and O–H groups in total. The Morgan fingerprint density at radius 1 is 1.14 bits per heavy atom. The number of aryl methyl sites for hydroxylation is 1. The SMILES string of the molecule is COc1ccc(C)cc1-c1csc(NC(=O)c2ccc(CNC(C)=O)cc2)n1. The van der Waals surface area contributed by atoms with Crippen LogP contribution in [0.5, 0.6) is 5.75 Å². The predicted molar refractivity (Wildman–Crippen MR) is 111 cm³/mol. The molecule has 0 aliphatic rings. The fourth-order valence-electron chi connectivity index (χ4n) is 2.65. The van der Waals surface area contributed by atoms with Gasteiger partial charge in [-0.2, -0.15) is 0 Å². The van der Waals surface area contributed by atoms with Gasteiger partial charge in [0, 0.05) is 30.0 Å². The first-order valence-corrected chi connectivity index (χ1v) is 9.59. The molecule has 0 unspecified atom stereocenters. The predicted octanol–water partition coefficient (Wildman–Crippen LogP) is 4.02. The molecule has 28 heavy (non-hydrogen) atoms. The Bertz CT molecular complexity index is 996. The van der Waals surface area contributed by atoms with Crippen molar-refractivity contribution in [2.75, 3.05) is 12.4 Å². The second-order valence-electron chi connectivity index (χ2n) is 6.30. The molecule has 2 aromatic carbocycles. The van der Waals surface area contributed by atoms with Gasteiger partial charge >= 0.3 is 0 Å². The zero-order valence-corrected chi connectivity index (χ0v) is 16.7. The molecular formula is C21H21N3O3S. The summed E-state index contributed by atoms with van der Waals surface area (Å²) in [5.74, 6) is 0.415. The van der Waals surface area contributed by atoms with Crippen LogP contribution in [-0.2, 0) is 11.3 Å². The topological polar surface area (TPSA) is 80.3 Å². The lowest BCUT2D eigenvalue weighted by Crippen LogP contribution is -2.19. The highest BCUT2D eigenvalue weighted by Gasteiger charge is 2.13. The van der Waals surface area contributed by atoms with Crippen LogP contribution in [0, 0.1) is 6.92 Å². The summed E-state index contributed by atoms with van der Waals surface area (Å²) in [6.07, 6.45) is 0. The molecule has 0 radical (unpaired) electrons. The molecule has 1 heterocycles. The highest BCUT2D eigenvalue weighted by molar-refractivity contribution is 7.14. The number of nitrogens with one attached hydrogen (secondary N) is 2. The van der Waals surface area contributed by atoms with Gasteiger partial charge in [-0.3, -0.25) is 14.9 Å². The molecule has 0 spiro atoms. The number of hydrogen-bond acceptors (Lipinski definition) is 5. The lowest BCUT2D eigenvalue weighted by molar-refractivity contribution is -0.119. The monoisotopic (exact) mass is 395 g/mol. The molecule has 0 aliphatic carbocycles. The number of rotatable bonds is 6. The van der Waals surface area contributed by atoms with Crippen LogP contribution in [0.25, 0.3) is 11.3 Å². The highest BCUT2D eigenvalue weighted by Crippen LogP contribution is 2.33. The summed E-state index contributed by atoms with van der Waals surface area (Å²) in [6.45, 7) is 3.91. The molecule has 0 atom stereocenters. The number of carbonyl (C=O) groups is 2. The first-order chi connectivity index (χ1) is 13.5. The summed E-state index contributed by atoms with van der Waals surface area (Å²) in [7, 11) is 1.62. The molecule has 0 bridgehead atoms. The van der Waals surface area contributed by atoms with Crippen molar-refractivity contribution < 1.29 is 14.3 Å². The van der Waals surface area contributed by atoms with Crippen LogP contribution >= 0.6 is 11.3 Å². The summed E-state index contributed by atoms with van der Waals surface area (Å²) in [6, 6.07) is 13.0. The average Bonchev–Trinajstić information content (AvgIpc) is 3.15. The third-order valence-corrected chi connectivity index (χ3v) is 4.87. The van der Waals surface area contributed by atoms with E-state index in [0.29, 0.717) is 17.2 Å². The van der Waals surface area contributed by atoms with Crippen molar-refractivity contribution >= 4 is 28.3 Å². The summed E-state index contributed by atoms with van der Waals surface area (Å²) in [5, 5.41) is 7.96. The van der Waals surface area contributed by atoms with Gasteiger partial charge in [-0.15, -0.1) is 11.3 Å². The molecule has 0 aliphatic heterocycles. The van der Waals surface area contributed by atoms with E-state index < -0.39 is 0 Å². The van der Waals surface area contributed by atoms with Gasteiger partial charge in [-0.05, 0) is 36.8 Å². The number of nitrogens with zero attached hydrogens (tertiary/aromatic N) is 1. The first kappa shape index (κ1) is 19.6. The number of carbonyl (C=O) groups excluding carboxylic acids is 2. The number of aromatic nitrogens is 1. The van der Waals surface area contributed by atoms with Gasteiger partial charge in [-0.1, -0.05) is 23.8 Å². The van der Waals surface area contributed by atoms with E-state index in [1.165, 1.54) is 18.3 Å². The molecule has 3 rings (SSSR count). The molecule has 1 aromatic heterocycles. The van der Waals surface area contributed by atoms with Crippen molar-refractivity contribution in [1.29, 1.82) is 0 Å². The molecule has 3 aromatic rings. The summed E-state index contributed by atoms with van der Waals surface area (Å²) < 4.78 is 5.41. The van der Waals surface area contributed by atoms with Crippen LogP contribution in [0.2, 0.25) is 0 Å². The second-order valence-corrected chi connectivity index (χ2v) is 7.16. The minimum atomic E-state index is -0.233. The Morgan fingerprint density at radius 3 is 2.57 bits per heavy atom. The number of anilines is 1. The molecule has 7 heteroatoms. The Hall–Kier alpha value is -3.19. The van der Waals surface area contributed by atoms with Gasteiger partial charge in [0.15, 0.2) is 5.13 Å². The van der Waals surface area contributed by atoms with Gasteiger partial charge in [-0.25, -0.2) is 4.98 Å².